The molecule has 0 spiro atoms. The predicted octanol–water partition coefficient (Wildman–Crippen LogP) is 2.76. The van der Waals surface area contributed by atoms with Crippen LogP contribution in [-0.2, 0) is 23.1 Å². The fraction of sp³-hybridized carbons (Fsp3) is 0.409. The second-order valence-corrected chi connectivity index (χ2v) is 9.60. The third kappa shape index (κ3) is 5.88. The highest BCUT2D eigenvalue weighted by molar-refractivity contribution is 7.89. The number of piperidine rings is 1. The van der Waals surface area contributed by atoms with Crippen LogP contribution in [0.5, 0.6) is 0 Å². The van der Waals surface area contributed by atoms with Crippen LogP contribution >= 0.6 is 0 Å². The molecule has 1 aliphatic heterocycles. The van der Waals surface area contributed by atoms with Gasteiger partial charge < -0.3 is 5.32 Å². The minimum atomic E-state index is -3.58. The lowest BCUT2D eigenvalue weighted by atomic mass is 9.99. The molecule has 2 aromatic rings. The van der Waals surface area contributed by atoms with Gasteiger partial charge in [0.15, 0.2) is 0 Å². The van der Waals surface area contributed by atoms with Crippen LogP contribution in [0.4, 0.5) is 0 Å². The Morgan fingerprint density at radius 3 is 2.55 bits per heavy atom. The summed E-state index contributed by atoms with van der Waals surface area (Å²) in [5.41, 5.74) is 2.60. The van der Waals surface area contributed by atoms with E-state index in [0.29, 0.717) is 12.1 Å². The zero-order valence-corrected chi connectivity index (χ0v) is 17.8. The molecule has 29 heavy (non-hydrogen) atoms. The summed E-state index contributed by atoms with van der Waals surface area (Å²) in [6.45, 7) is 5.97. The van der Waals surface area contributed by atoms with Crippen molar-refractivity contribution < 1.29 is 13.2 Å². The molecule has 1 unspecified atom stereocenters. The first-order valence-corrected chi connectivity index (χ1v) is 11.5. The number of benzene rings is 2. The molecule has 0 saturated carbocycles. The minimum Gasteiger partial charge on any atom is -0.348 e. The average molecular weight is 416 g/mol. The number of likely N-dealkylation sites (tertiary alicyclic amines) is 1. The molecule has 1 amide bonds. The van der Waals surface area contributed by atoms with Crippen LogP contribution < -0.4 is 10.0 Å². The molecule has 2 aromatic carbocycles. The maximum absolute atomic E-state index is 12.4. The summed E-state index contributed by atoms with van der Waals surface area (Å²) < 4.78 is 26.1. The molecule has 0 bridgehead atoms. The molecule has 1 atom stereocenters. The second-order valence-electron chi connectivity index (χ2n) is 7.72. The van der Waals surface area contributed by atoms with E-state index in [0.717, 1.165) is 31.1 Å². The third-order valence-electron chi connectivity index (χ3n) is 5.30. The number of nitrogens with zero attached hydrogens (tertiary/aromatic N) is 1. The van der Waals surface area contributed by atoms with E-state index < -0.39 is 10.0 Å². The average Bonchev–Trinajstić information content (AvgIpc) is 2.73. The van der Waals surface area contributed by atoms with E-state index in [1.807, 2.05) is 12.1 Å². The molecule has 1 fully saturated rings. The molecule has 1 aliphatic rings. The van der Waals surface area contributed by atoms with E-state index in [1.54, 1.807) is 12.1 Å². The van der Waals surface area contributed by atoms with Gasteiger partial charge in [0, 0.05) is 25.2 Å². The monoisotopic (exact) mass is 415 g/mol. The number of amides is 1. The fourth-order valence-electron chi connectivity index (χ4n) is 3.66. The third-order valence-corrected chi connectivity index (χ3v) is 6.71. The molecule has 7 heteroatoms. The van der Waals surface area contributed by atoms with Gasteiger partial charge >= 0.3 is 0 Å². The molecule has 0 aliphatic carbocycles. The summed E-state index contributed by atoms with van der Waals surface area (Å²) in [6, 6.07) is 14.3. The first-order chi connectivity index (χ1) is 13.9. The fourth-order valence-corrected chi connectivity index (χ4v) is 4.43. The van der Waals surface area contributed by atoms with Crippen LogP contribution in [-0.4, -0.2) is 39.4 Å². The highest BCUT2D eigenvalue weighted by Gasteiger charge is 2.16. The minimum absolute atomic E-state index is 0.0732. The molecular weight excluding hydrogens is 386 g/mol. The molecule has 6 nitrogen and oxygen atoms in total. The van der Waals surface area contributed by atoms with Crippen molar-refractivity contribution in [1.29, 1.82) is 0 Å². The number of carbonyl (C=O) groups excluding carboxylic acids is 1. The highest BCUT2D eigenvalue weighted by atomic mass is 32.2. The van der Waals surface area contributed by atoms with Crippen LogP contribution in [0.1, 0.15) is 41.3 Å². The van der Waals surface area contributed by atoms with Gasteiger partial charge in [-0.25, -0.2) is 13.1 Å². The Labute approximate surface area is 173 Å². The van der Waals surface area contributed by atoms with E-state index >= 15 is 0 Å². The van der Waals surface area contributed by atoms with Gasteiger partial charge in [-0.1, -0.05) is 37.3 Å². The summed E-state index contributed by atoms with van der Waals surface area (Å²) >= 11 is 0. The largest absolute Gasteiger partial charge is 0.348 e. The summed E-state index contributed by atoms with van der Waals surface area (Å²) in [4.78, 5) is 15.0. The van der Waals surface area contributed by atoms with Crippen molar-refractivity contribution in [1.82, 2.24) is 14.9 Å². The van der Waals surface area contributed by atoms with Crippen LogP contribution in [0, 0.1) is 5.92 Å². The van der Waals surface area contributed by atoms with Crippen molar-refractivity contribution in [3.05, 3.63) is 65.2 Å². The van der Waals surface area contributed by atoms with E-state index in [1.165, 1.54) is 37.6 Å². The Balaban J connectivity index is 1.56. The molecule has 2 N–H and O–H groups in total. The Hall–Kier alpha value is -2.22. The van der Waals surface area contributed by atoms with Crippen molar-refractivity contribution in [3.8, 4) is 0 Å². The van der Waals surface area contributed by atoms with Crippen molar-refractivity contribution in [2.24, 2.45) is 5.92 Å². The molecule has 1 heterocycles. The summed E-state index contributed by atoms with van der Waals surface area (Å²) in [5.74, 6) is 0.462. The van der Waals surface area contributed by atoms with Crippen LogP contribution in [0.15, 0.2) is 53.4 Å². The molecule has 0 radical (unpaired) electrons. The molecule has 3 rings (SSSR count). The number of hydrogen-bond acceptors (Lipinski definition) is 4. The number of hydrogen-bond donors (Lipinski definition) is 2. The topological polar surface area (TPSA) is 78.5 Å². The number of rotatable bonds is 7. The maximum Gasteiger partial charge on any atom is 0.251 e. The van der Waals surface area contributed by atoms with Gasteiger partial charge in [-0.15, -0.1) is 0 Å². The summed E-state index contributed by atoms with van der Waals surface area (Å²) in [6.07, 6.45) is 2.58. The standard InChI is InChI=1S/C22H29N3O3S/c1-17-5-4-12-25(15-17)16-19-10-8-18(9-11-19)14-24-22(26)20-6-3-7-21(13-20)29(27,28)23-2/h3,6-11,13,17,23H,4-5,12,14-16H2,1-2H3,(H,24,26). The molecular formula is C22H29N3O3S. The van der Waals surface area contributed by atoms with Gasteiger partial charge in [0.05, 0.1) is 4.90 Å². The van der Waals surface area contributed by atoms with E-state index in [2.05, 4.69) is 34.0 Å². The van der Waals surface area contributed by atoms with Gasteiger partial charge in [0.25, 0.3) is 5.91 Å². The predicted molar refractivity (Wildman–Crippen MR) is 114 cm³/mol. The lowest BCUT2D eigenvalue weighted by Crippen LogP contribution is -2.33. The number of nitrogens with one attached hydrogen (secondary N) is 2. The molecule has 1 saturated heterocycles. The molecule has 0 aromatic heterocycles. The van der Waals surface area contributed by atoms with Gasteiger partial charge in [-0.3, -0.25) is 9.69 Å². The quantitative estimate of drug-likeness (QED) is 0.729. The summed E-state index contributed by atoms with van der Waals surface area (Å²) in [7, 11) is -2.23. The Kier molecular flexibility index (Phi) is 7.05. The number of carbonyl (C=O) groups is 1. The SMILES string of the molecule is CNS(=O)(=O)c1cccc(C(=O)NCc2ccc(CN3CCCC(C)C3)cc2)c1. The zero-order valence-electron chi connectivity index (χ0n) is 17.0. The Bertz CT molecular complexity index is 942. The smallest absolute Gasteiger partial charge is 0.251 e. The molecule has 156 valence electrons. The second kappa shape index (κ2) is 9.52. The van der Waals surface area contributed by atoms with E-state index in [-0.39, 0.29) is 10.8 Å². The first-order valence-electron chi connectivity index (χ1n) is 9.99. The van der Waals surface area contributed by atoms with Crippen LogP contribution in [0.25, 0.3) is 0 Å². The van der Waals surface area contributed by atoms with Gasteiger partial charge in [0.1, 0.15) is 0 Å². The normalized spacial score (nSPS) is 17.8. The first kappa shape index (κ1) is 21.5. The van der Waals surface area contributed by atoms with E-state index in [4.69, 9.17) is 0 Å². The van der Waals surface area contributed by atoms with Crippen LogP contribution in [0.2, 0.25) is 0 Å². The lowest BCUT2D eigenvalue weighted by Gasteiger charge is -2.30. The van der Waals surface area contributed by atoms with Gasteiger partial charge in [0.2, 0.25) is 10.0 Å². The Morgan fingerprint density at radius 2 is 1.86 bits per heavy atom. The van der Waals surface area contributed by atoms with E-state index in [9.17, 15) is 13.2 Å². The van der Waals surface area contributed by atoms with Gasteiger partial charge in [-0.05, 0) is 61.7 Å². The van der Waals surface area contributed by atoms with Crippen molar-refractivity contribution in [3.63, 3.8) is 0 Å². The zero-order chi connectivity index (χ0) is 20.9. The van der Waals surface area contributed by atoms with Crippen molar-refractivity contribution >= 4 is 15.9 Å². The highest BCUT2D eigenvalue weighted by Crippen LogP contribution is 2.18. The Morgan fingerprint density at radius 1 is 1.14 bits per heavy atom. The van der Waals surface area contributed by atoms with Crippen molar-refractivity contribution in [2.75, 3.05) is 20.1 Å². The number of sulfonamides is 1. The summed E-state index contributed by atoms with van der Waals surface area (Å²) in [5, 5.41) is 2.85. The van der Waals surface area contributed by atoms with Crippen molar-refractivity contribution in [2.45, 2.75) is 37.8 Å². The maximum atomic E-state index is 12.4. The van der Waals surface area contributed by atoms with Gasteiger partial charge in [-0.2, -0.15) is 0 Å². The lowest BCUT2D eigenvalue weighted by molar-refractivity contribution is 0.0950. The van der Waals surface area contributed by atoms with Crippen LogP contribution in [0.3, 0.4) is 0 Å².